The van der Waals surface area contributed by atoms with Crippen LogP contribution >= 0.6 is 0 Å². The number of nitrogens with two attached hydrogens (primary N) is 1. The van der Waals surface area contributed by atoms with E-state index in [0.717, 1.165) is 4.90 Å². The lowest BCUT2D eigenvalue weighted by Gasteiger charge is -2.25. The van der Waals surface area contributed by atoms with Crippen molar-refractivity contribution in [2.75, 3.05) is 17.7 Å². The molecule has 4 rings (SSSR count). The summed E-state index contributed by atoms with van der Waals surface area (Å²) < 4.78 is 1.69. The second-order valence-electron chi connectivity index (χ2n) is 10.1. The third-order valence-corrected chi connectivity index (χ3v) is 6.16. The Morgan fingerprint density at radius 3 is 2.17 bits per heavy atom. The van der Waals surface area contributed by atoms with Crippen LogP contribution in [0.2, 0.25) is 0 Å². The zero-order valence-electron chi connectivity index (χ0n) is 22.6. The van der Waals surface area contributed by atoms with E-state index in [0.29, 0.717) is 34.1 Å². The van der Waals surface area contributed by atoms with E-state index >= 15 is 0 Å². The van der Waals surface area contributed by atoms with Crippen LogP contribution in [0.3, 0.4) is 0 Å². The smallest absolute Gasteiger partial charge is 0.407 e. The van der Waals surface area contributed by atoms with Gasteiger partial charge in [0, 0.05) is 24.5 Å². The fraction of sp³-hybridized carbons (Fsp3) is 0.207. The molecule has 0 aliphatic rings. The van der Waals surface area contributed by atoms with Gasteiger partial charge in [-0.1, -0.05) is 48.5 Å². The number of carbonyl (C=O) groups is 3. The predicted molar refractivity (Wildman–Crippen MR) is 152 cm³/mol. The molecule has 11 nitrogen and oxygen atoms in total. The first-order chi connectivity index (χ1) is 19.0. The highest BCUT2D eigenvalue weighted by molar-refractivity contribution is 6.04. The second kappa shape index (κ2) is 11.3. The molecule has 0 aliphatic heterocycles. The Labute approximate surface area is 231 Å². The monoisotopic (exact) mass is 541 g/mol. The SMILES string of the molecule is CN(C(=O)O)C(C(=O)Nc1ccc(-c2nn(C(C)(C)C)c(Nc3ccccn3)c2C(N)=O)cc1)c1ccccc1. The number of hydrogen-bond donors (Lipinski definition) is 4. The Balaban J connectivity index is 1.68. The molecule has 0 saturated carbocycles. The number of amides is 3. The van der Waals surface area contributed by atoms with Crippen molar-refractivity contribution < 1.29 is 19.5 Å². The minimum atomic E-state index is -1.23. The van der Waals surface area contributed by atoms with Crippen molar-refractivity contribution in [1.82, 2.24) is 19.7 Å². The quantitative estimate of drug-likeness (QED) is 0.249. The fourth-order valence-electron chi connectivity index (χ4n) is 4.23. The zero-order chi connectivity index (χ0) is 29.0. The number of carbonyl (C=O) groups excluding carboxylic acids is 2. The molecule has 0 radical (unpaired) electrons. The number of nitrogens with zero attached hydrogens (tertiary/aromatic N) is 4. The van der Waals surface area contributed by atoms with E-state index < -0.39 is 29.5 Å². The molecule has 0 fully saturated rings. The molecule has 5 N–H and O–H groups in total. The van der Waals surface area contributed by atoms with Crippen LogP contribution in [0.25, 0.3) is 11.3 Å². The lowest BCUT2D eigenvalue weighted by molar-refractivity contribution is -0.120. The molecule has 0 aliphatic carbocycles. The third-order valence-electron chi connectivity index (χ3n) is 6.16. The van der Waals surface area contributed by atoms with Crippen molar-refractivity contribution >= 4 is 35.2 Å². The summed E-state index contributed by atoms with van der Waals surface area (Å²) in [5.74, 6) is -0.239. The Kier molecular flexibility index (Phi) is 7.85. The topological polar surface area (TPSA) is 155 Å². The maximum Gasteiger partial charge on any atom is 0.407 e. The average Bonchev–Trinajstić information content (AvgIpc) is 3.30. The Morgan fingerprint density at radius 1 is 0.975 bits per heavy atom. The first-order valence-corrected chi connectivity index (χ1v) is 12.5. The van der Waals surface area contributed by atoms with Gasteiger partial charge in [0.25, 0.3) is 11.8 Å². The van der Waals surface area contributed by atoms with Crippen LogP contribution in [-0.2, 0) is 10.3 Å². The number of aromatic nitrogens is 3. The molecule has 40 heavy (non-hydrogen) atoms. The molecule has 1 atom stereocenters. The minimum absolute atomic E-state index is 0.199. The van der Waals surface area contributed by atoms with Gasteiger partial charge in [-0.2, -0.15) is 5.10 Å². The van der Waals surface area contributed by atoms with Gasteiger partial charge in [-0.05, 0) is 50.6 Å². The molecule has 1 unspecified atom stereocenters. The number of rotatable bonds is 8. The minimum Gasteiger partial charge on any atom is -0.465 e. The zero-order valence-corrected chi connectivity index (χ0v) is 22.6. The summed E-state index contributed by atoms with van der Waals surface area (Å²) in [4.78, 5) is 42.8. The van der Waals surface area contributed by atoms with E-state index in [1.165, 1.54) is 7.05 Å². The number of nitrogens with one attached hydrogen (secondary N) is 2. The van der Waals surface area contributed by atoms with Crippen LogP contribution in [0.5, 0.6) is 0 Å². The average molecular weight is 542 g/mol. The summed E-state index contributed by atoms with van der Waals surface area (Å²) in [6.07, 6.45) is 0.400. The number of carboxylic acid groups (broad SMARTS) is 1. The summed E-state index contributed by atoms with van der Waals surface area (Å²) >= 11 is 0. The Bertz CT molecular complexity index is 1510. The van der Waals surface area contributed by atoms with Crippen LogP contribution in [0, 0.1) is 0 Å². The van der Waals surface area contributed by atoms with Crippen molar-refractivity contribution in [2.45, 2.75) is 32.4 Å². The normalized spacial score (nSPS) is 11.9. The maximum atomic E-state index is 13.2. The molecule has 2 aromatic carbocycles. The first-order valence-electron chi connectivity index (χ1n) is 12.5. The highest BCUT2D eigenvalue weighted by atomic mass is 16.4. The Morgan fingerprint density at radius 2 is 1.62 bits per heavy atom. The van der Waals surface area contributed by atoms with Gasteiger partial charge in [0.2, 0.25) is 0 Å². The number of benzene rings is 2. The van der Waals surface area contributed by atoms with Gasteiger partial charge in [0.05, 0.1) is 5.54 Å². The van der Waals surface area contributed by atoms with E-state index in [-0.39, 0.29) is 5.56 Å². The van der Waals surface area contributed by atoms with Crippen molar-refractivity contribution in [3.05, 3.63) is 90.1 Å². The van der Waals surface area contributed by atoms with E-state index in [1.54, 1.807) is 77.6 Å². The molecule has 4 aromatic rings. The number of pyridine rings is 1. The van der Waals surface area contributed by atoms with Crippen molar-refractivity contribution in [1.29, 1.82) is 0 Å². The van der Waals surface area contributed by atoms with Crippen LogP contribution in [0.1, 0.15) is 42.7 Å². The van der Waals surface area contributed by atoms with Crippen molar-refractivity contribution in [3.63, 3.8) is 0 Å². The highest BCUT2D eigenvalue weighted by Gasteiger charge is 2.30. The number of likely N-dealkylation sites (N-methyl/N-ethyl adjacent to an activating group) is 1. The second-order valence-corrected chi connectivity index (χ2v) is 10.1. The van der Waals surface area contributed by atoms with Crippen LogP contribution in [0.15, 0.2) is 79.0 Å². The van der Waals surface area contributed by atoms with E-state index in [1.807, 2.05) is 26.8 Å². The van der Waals surface area contributed by atoms with Gasteiger partial charge in [-0.25, -0.2) is 14.5 Å². The summed E-state index contributed by atoms with van der Waals surface area (Å²) in [5, 5.41) is 20.2. The van der Waals surface area contributed by atoms with Gasteiger partial charge in [0.15, 0.2) is 0 Å². The van der Waals surface area contributed by atoms with Crippen molar-refractivity contribution in [3.8, 4) is 11.3 Å². The van der Waals surface area contributed by atoms with Gasteiger partial charge in [0.1, 0.15) is 28.9 Å². The van der Waals surface area contributed by atoms with Gasteiger partial charge >= 0.3 is 6.09 Å². The summed E-state index contributed by atoms with van der Waals surface area (Å²) in [6.45, 7) is 5.86. The summed E-state index contributed by atoms with van der Waals surface area (Å²) in [5.41, 5.74) is 7.47. The number of anilines is 3. The molecule has 2 heterocycles. The van der Waals surface area contributed by atoms with Gasteiger partial charge in [-0.3, -0.25) is 14.5 Å². The lowest BCUT2D eigenvalue weighted by atomic mass is 10.0. The molecule has 0 bridgehead atoms. The molecule has 0 saturated heterocycles. The molecular weight excluding hydrogens is 510 g/mol. The number of hydrogen-bond acceptors (Lipinski definition) is 6. The standard InChI is InChI=1S/C29H31N7O4/c1-29(2,3)36-26(33-21-12-8-9-17-31-21)22(25(30)37)23(34-36)18-13-15-20(16-14-18)32-27(38)24(35(4)28(39)40)19-10-6-5-7-11-19/h5-17,24H,1-4H3,(H2,30,37)(H,31,33)(H,32,38)(H,39,40). The maximum absolute atomic E-state index is 13.2. The van der Waals surface area contributed by atoms with Gasteiger partial charge in [-0.15, -0.1) is 0 Å². The molecular formula is C29H31N7O4. The summed E-state index contributed by atoms with van der Waals surface area (Å²) in [6, 6.07) is 19.7. The molecule has 3 amide bonds. The largest absolute Gasteiger partial charge is 0.465 e. The van der Waals surface area contributed by atoms with E-state index in [2.05, 4.69) is 15.6 Å². The Hall–Kier alpha value is -5.19. The predicted octanol–water partition coefficient (Wildman–Crippen LogP) is 4.83. The van der Waals surface area contributed by atoms with E-state index in [4.69, 9.17) is 10.8 Å². The van der Waals surface area contributed by atoms with Crippen LogP contribution < -0.4 is 16.4 Å². The third kappa shape index (κ3) is 5.93. The first kappa shape index (κ1) is 27.8. The van der Waals surface area contributed by atoms with Crippen molar-refractivity contribution in [2.24, 2.45) is 5.73 Å². The molecule has 206 valence electrons. The lowest BCUT2D eigenvalue weighted by Crippen LogP contribution is -2.37. The number of primary amides is 1. The van der Waals surface area contributed by atoms with Gasteiger partial charge < -0.3 is 21.5 Å². The molecule has 11 heteroatoms. The van der Waals surface area contributed by atoms with Crippen LogP contribution in [0.4, 0.5) is 22.1 Å². The fourth-order valence-corrected chi connectivity index (χ4v) is 4.23. The van der Waals surface area contributed by atoms with E-state index in [9.17, 15) is 19.5 Å². The highest BCUT2D eigenvalue weighted by Crippen LogP contribution is 2.34. The molecule has 0 spiro atoms. The molecule has 2 aromatic heterocycles. The summed E-state index contributed by atoms with van der Waals surface area (Å²) in [7, 11) is 1.34. The van der Waals surface area contributed by atoms with Crippen LogP contribution in [-0.4, -0.2) is 49.7 Å².